The van der Waals surface area contributed by atoms with Gasteiger partial charge in [0.05, 0.1) is 5.69 Å². The molecule has 6 nitrogen and oxygen atoms in total. The van der Waals surface area contributed by atoms with Crippen molar-refractivity contribution in [3.8, 4) is 0 Å². The van der Waals surface area contributed by atoms with Crippen LogP contribution in [-0.4, -0.2) is 24.6 Å². The van der Waals surface area contributed by atoms with Crippen molar-refractivity contribution in [3.63, 3.8) is 0 Å². The van der Waals surface area contributed by atoms with Gasteiger partial charge >= 0.3 is 0 Å². The monoisotopic (exact) mass is 218 g/mol. The summed E-state index contributed by atoms with van der Waals surface area (Å²) in [6, 6.07) is 9.80. The number of para-hydroxylation sites is 1. The van der Waals surface area contributed by atoms with Crippen LogP contribution in [0.1, 0.15) is 0 Å². The Hall–Kier alpha value is -1.15. The van der Waals surface area contributed by atoms with Crippen molar-refractivity contribution >= 4 is 16.1 Å². The SMILES string of the molecule is CN(N)c1ccccc1.O=S(=O)([O-])[O-]. The molecule has 1 aromatic rings. The molecule has 0 saturated carbocycles. The predicted octanol–water partition coefficient (Wildman–Crippen LogP) is -0.341. The highest BCUT2D eigenvalue weighted by molar-refractivity contribution is 7.79. The van der Waals surface area contributed by atoms with E-state index in [4.69, 9.17) is 23.4 Å². The second-order valence-corrected chi connectivity index (χ2v) is 3.17. The lowest BCUT2D eigenvalue weighted by atomic mass is 10.3. The summed E-state index contributed by atoms with van der Waals surface area (Å²) in [6.45, 7) is 0. The van der Waals surface area contributed by atoms with E-state index < -0.39 is 10.4 Å². The number of anilines is 1. The summed E-state index contributed by atoms with van der Waals surface area (Å²) < 4.78 is 34.1. The average Bonchev–Trinajstić information content (AvgIpc) is 2.03. The minimum atomic E-state index is -5.17. The number of nitrogens with zero attached hydrogens (tertiary/aromatic N) is 1. The molecule has 0 aliphatic rings. The van der Waals surface area contributed by atoms with E-state index in [-0.39, 0.29) is 0 Å². The molecular formula is C7H10N2O4S-2. The molecule has 2 N–H and O–H groups in total. The number of rotatable bonds is 1. The van der Waals surface area contributed by atoms with Gasteiger partial charge in [-0.2, -0.15) is 0 Å². The summed E-state index contributed by atoms with van der Waals surface area (Å²) in [6.07, 6.45) is 0. The van der Waals surface area contributed by atoms with Gasteiger partial charge in [-0.05, 0) is 12.1 Å². The van der Waals surface area contributed by atoms with E-state index in [2.05, 4.69) is 0 Å². The minimum absolute atomic E-state index is 1.03. The van der Waals surface area contributed by atoms with Gasteiger partial charge in [0.1, 0.15) is 0 Å². The third-order valence-electron chi connectivity index (χ3n) is 1.16. The van der Waals surface area contributed by atoms with Gasteiger partial charge in [-0.15, -0.1) is 0 Å². The molecule has 0 aliphatic carbocycles. The van der Waals surface area contributed by atoms with Gasteiger partial charge in [-0.1, -0.05) is 18.2 Å². The van der Waals surface area contributed by atoms with Crippen LogP contribution in [0.3, 0.4) is 0 Å². The Morgan fingerprint density at radius 2 is 1.57 bits per heavy atom. The van der Waals surface area contributed by atoms with E-state index in [0.717, 1.165) is 5.69 Å². The van der Waals surface area contributed by atoms with Crippen LogP contribution in [0.15, 0.2) is 30.3 Å². The van der Waals surface area contributed by atoms with Crippen LogP contribution < -0.4 is 10.9 Å². The second-order valence-electron chi connectivity index (χ2n) is 2.35. The van der Waals surface area contributed by atoms with Gasteiger partial charge < -0.3 is 14.1 Å². The van der Waals surface area contributed by atoms with E-state index in [9.17, 15) is 0 Å². The molecule has 0 spiro atoms. The van der Waals surface area contributed by atoms with Crippen molar-refractivity contribution in [3.05, 3.63) is 30.3 Å². The summed E-state index contributed by atoms with van der Waals surface area (Å²) in [7, 11) is -3.35. The molecule has 0 bridgehead atoms. The lowest BCUT2D eigenvalue weighted by Crippen LogP contribution is -2.24. The second kappa shape index (κ2) is 5.55. The highest BCUT2D eigenvalue weighted by Crippen LogP contribution is 2.05. The molecule has 0 radical (unpaired) electrons. The number of hydrogen-bond acceptors (Lipinski definition) is 6. The highest BCUT2D eigenvalue weighted by atomic mass is 32.3. The van der Waals surface area contributed by atoms with Gasteiger partial charge in [0.25, 0.3) is 0 Å². The van der Waals surface area contributed by atoms with Crippen LogP contribution in [0.5, 0.6) is 0 Å². The Kier molecular flexibility index (Phi) is 5.10. The van der Waals surface area contributed by atoms with Gasteiger partial charge in [-0.25, -0.2) is 5.84 Å². The zero-order valence-corrected chi connectivity index (χ0v) is 8.27. The molecule has 14 heavy (non-hydrogen) atoms. The fraction of sp³-hybridized carbons (Fsp3) is 0.143. The van der Waals surface area contributed by atoms with Crippen LogP contribution in [0.25, 0.3) is 0 Å². The normalized spacial score (nSPS) is 10.0. The molecule has 1 rings (SSSR count). The topological polar surface area (TPSA) is 110 Å². The molecule has 0 saturated heterocycles. The van der Waals surface area contributed by atoms with Gasteiger partial charge in [0.15, 0.2) is 0 Å². The largest absolute Gasteiger partial charge is 0.759 e. The highest BCUT2D eigenvalue weighted by Gasteiger charge is 1.88. The van der Waals surface area contributed by atoms with E-state index in [1.54, 1.807) is 5.01 Å². The first-order valence-corrected chi connectivity index (χ1v) is 4.84. The van der Waals surface area contributed by atoms with E-state index >= 15 is 0 Å². The molecule has 0 amide bonds. The smallest absolute Gasteiger partial charge is 0.0513 e. The molecule has 7 heteroatoms. The molecule has 0 atom stereocenters. The molecule has 0 aliphatic heterocycles. The summed E-state index contributed by atoms with van der Waals surface area (Å²) in [4.78, 5) is 0. The van der Waals surface area contributed by atoms with Crippen LogP contribution in [-0.2, 0) is 10.4 Å². The molecular weight excluding hydrogens is 208 g/mol. The Morgan fingerprint density at radius 1 is 1.21 bits per heavy atom. The van der Waals surface area contributed by atoms with Crippen LogP contribution in [0, 0.1) is 0 Å². The summed E-state index contributed by atoms with van der Waals surface area (Å²) in [5.74, 6) is 5.45. The van der Waals surface area contributed by atoms with Gasteiger partial charge in [-0.3, -0.25) is 8.42 Å². The van der Waals surface area contributed by atoms with Crippen molar-refractivity contribution in [1.82, 2.24) is 0 Å². The Balaban J connectivity index is 0.000000292. The Morgan fingerprint density at radius 3 is 1.79 bits per heavy atom. The van der Waals surface area contributed by atoms with Crippen LogP contribution in [0.4, 0.5) is 5.69 Å². The molecule has 0 aromatic heterocycles. The maximum atomic E-state index is 8.52. The van der Waals surface area contributed by atoms with Crippen molar-refractivity contribution in [2.24, 2.45) is 5.84 Å². The third kappa shape index (κ3) is 8.94. The van der Waals surface area contributed by atoms with Crippen molar-refractivity contribution < 1.29 is 17.5 Å². The Labute approximate surface area is 82.5 Å². The molecule has 0 fully saturated rings. The summed E-state index contributed by atoms with van der Waals surface area (Å²) >= 11 is 0. The van der Waals surface area contributed by atoms with Crippen LogP contribution >= 0.6 is 0 Å². The van der Waals surface area contributed by atoms with Crippen molar-refractivity contribution in [1.29, 1.82) is 0 Å². The fourth-order valence-electron chi connectivity index (χ4n) is 0.663. The van der Waals surface area contributed by atoms with Crippen LogP contribution in [0.2, 0.25) is 0 Å². The van der Waals surface area contributed by atoms with E-state index in [1.807, 2.05) is 37.4 Å². The van der Waals surface area contributed by atoms with Gasteiger partial charge in [0, 0.05) is 17.4 Å². The summed E-state index contributed by atoms with van der Waals surface area (Å²) in [5, 5.41) is 1.58. The van der Waals surface area contributed by atoms with Crippen molar-refractivity contribution in [2.45, 2.75) is 0 Å². The maximum Gasteiger partial charge on any atom is 0.0513 e. The molecule has 1 aromatic carbocycles. The van der Waals surface area contributed by atoms with Crippen molar-refractivity contribution in [2.75, 3.05) is 12.1 Å². The maximum absolute atomic E-state index is 8.52. The number of benzene rings is 1. The quantitative estimate of drug-likeness (QED) is 0.299. The molecule has 0 heterocycles. The predicted molar refractivity (Wildman–Crippen MR) is 49.5 cm³/mol. The number of hydrogen-bond donors (Lipinski definition) is 1. The summed E-state index contributed by atoms with van der Waals surface area (Å²) in [5.41, 5.74) is 1.03. The number of nitrogens with two attached hydrogens (primary N) is 1. The lowest BCUT2D eigenvalue weighted by molar-refractivity contribution is 0.352. The van der Waals surface area contributed by atoms with E-state index in [0.29, 0.717) is 0 Å². The first kappa shape index (κ1) is 12.8. The Bertz CT molecular complexity index is 341. The molecule has 0 unspecified atom stereocenters. The zero-order chi connectivity index (χ0) is 11.2. The zero-order valence-electron chi connectivity index (χ0n) is 7.45. The van der Waals surface area contributed by atoms with E-state index in [1.165, 1.54) is 0 Å². The molecule has 80 valence electrons. The minimum Gasteiger partial charge on any atom is -0.759 e. The average molecular weight is 218 g/mol. The fourth-order valence-corrected chi connectivity index (χ4v) is 0.663. The van der Waals surface area contributed by atoms with Gasteiger partial charge in [0.2, 0.25) is 0 Å². The number of hydrazine groups is 1. The lowest BCUT2D eigenvalue weighted by Gasteiger charge is -2.09. The first-order chi connectivity index (χ1) is 6.30. The third-order valence-corrected chi connectivity index (χ3v) is 1.16. The standard InChI is InChI=1S/C7H10N2.H2O4S/c1-9(8)7-5-3-2-4-6-7;1-5(2,3)4/h2-6H,8H2,1H3;(H2,1,2,3,4)/p-2. The first-order valence-electron chi connectivity index (χ1n) is 3.51.